The van der Waals surface area contributed by atoms with Crippen LogP contribution in [0.25, 0.3) is 0 Å². The third kappa shape index (κ3) is 19.5. The van der Waals surface area contributed by atoms with Crippen LogP contribution in [0.15, 0.2) is 12.2 Å². The van der Waals surface area contributed by atoms with Crippen LogP contribution in [0.5, 0.6) is 0 Å². The molecule has 0 aliphatic heterocycles. The zero-order valence-electron chi connectivity index (χ0n) is 22.3. The fourth-order valence-electron chi connectivity index (χ4n) is 4.41. The van der Waals surface area contributed by atoms with Gasteiger partial charge in [0, 0.05) is 32.9 Å². The monoisotopic (exact) mass is 493 g/mol. The highest BCUT2D eigenvalue weighted by Crippen LogP contribution is 2.27. The highest BCUT2D eigenvalue weighted by Gasteiger charge is 2.37. The smallest absolute Gasteiger partial charge is 0.377 e. The van der Waals surface area contributed by atoms with Crippen LogP contribution in [-0.4, -0.2) is 35.7 Å². The van der Waals surface area contributed by atoms with Gasteiger partial charge in [0.05, 0.1) is 0 Å². The summed E-state index contributed by atoms with van der Waals surface area (Å²) >= 11 is 0. The van der Waals surface area contributed by atoms with Gasteiger partial charge in [-0.25, -0.2) is 0 Å². The van der Waals surface area contributed by atoms with Gasteiger partial charge in [0.1, 0.15) is 0 Å². The Morgan fingerprint density at radius 3 is 1.72 bits per heavy atom. The predicted octanol–water partition coefficient (Wildman–Crippen LogP) is 8.07. The lowest BCUT2D eigenvalue weighted by molar-refractivity contribution is 0.122. The summed E-state index contributed by atoms with van der Waals surface area (Å²) in [7, 11) is 2.64. The first-order valence-electron chi connectivity index (χ1n) is 12.9. The molecular formula is C26H56ClNO3Si. The minimum atomic E-state index is -2.45. The standard InChI is InChI=1S/C26H55NO3Si.ClH/c1-7-8-9-10-11-12-13-14-15-16-17-18-19-21-25(24-26(2,3)27)22-20-23-31(28-4,29-5)30-6;/h14-15,25H,7-13,16-24,27H2,1-6H3;1H/b15-14-;. The molecule has 0 aliphatic rings. The summed E-state index contributed by atoms with van der Waals surface area (Å²) in [6.45, 7) is 6.57. The van der Waals surface area contributed by atoms with Crippen molar-refractivity contribution in [3.63, 3.8) is 0 Å². The molecule has 1 atom stereocenters. The van der Waals surface area contributed by atoms with Crippen molar-refractivity contribution in [1.82, 2.24) is 0 Å². The van der Waals surface area contributed by atoms with E-state index in [0.717, 1.165) is 18.9 Å². The van der Waals surface area contributed by atoms with Crippen molar-refractivity contribution in [1.29, 1.82) is 0 Å². The van der Waals surface area contributed by atoms with Crippen LogP contribution in [-0.2, 0) is 13.3 Å². The summed E-state index contributed by atoms with van der Waals surface area (Å²) in [6, 6.07) is 0.876. The predicted molar refractivity (Wildman–Crippen MR) is 145 cm³/mol. The lowest BCUT2D eigenvalue weighted by atomic mass is 9.85. The van der Waals surface area contributed by atoms with Gasteiger partial charge in [-0.3, -0.25) is 0 Å². The van der Waals surface area contributed by atoms with Gasteiger partial charge in [0.2, 0.25) is 0 Å². The van der Waals surface area contributed by atoms with E-state index in [4.69, 9.17) is 19.0 Å². The molecule has 0 spiro atoms. The molecular weight excluding hydrogens is 438 g/mol. The van der Waals surface area contributed by atoms with Crippen molar-refractivity contribution in [3.05, 3.63) is 12.2 Å². The van der Waals surface area contributed by atoms with Crippen molar-refractivity contribution < 1.29 is 13.3 Å². The van der Waals surface area contributed by atoms with Crippen LogP contribution >= 0.6 is 12.4 Å². The van der Waals surface area contributed by atoms with E-state index >= 15 is 0 Å². The van der Waals surface area contributed by atoms with E-state index in [-0.39, 0.29) is 17.9 Å². The number of unbranched alkanes of at least 4 members (excludes halogenated alkanes) is 9. The van der Waals surface area contributed by atoms with Crippen LogP contribution in [0.4, 0.5) is 0 Å². The first-order valence-corrected chi connectivity index (χ1v) is 14.8. The maximum atomic E-state index is 6.34. The maximum Gasteiger partial charge on any atom is 0.500 e. The molecule has 0 saturated heterocycles. The largest absolute Gasteiger partial charge is 0.500 e. The summed E-state index contributed by atoms with van der Waals surface area (Å²) < 4.78 is 16.7. The number of hydrogen-bond donors (Lipinski definition) is 1. The maximum absolute atomic E-state index is 6.34. The Morgan fingerprint density at radius 1 is 0.750 bits per heavy atom. The van der Waals surface area contributed by atoms with Crippen LogP contribution in [0.3, 0.4) is 0 Å². The minimum absolute atomic E-state index is 0. The van der Waals surface area contributed by atoms with E-state index in [1.165, 1.54) is 83.5 Å². The number of hydrogen-bond acceptors (Lipinski definition) is 4. The topological polar surface area (TPSA) is 53.7 Å². The van der Waals surface area contributed by atoms with Crippen LogP contribution in [0.2, 0.25) is 6.04 Å². The Bertz CT molecular complexity index is 418. The number of nitrogens with two attached hydrogens (primary N) is 1. The van der Waals surface area contributed by atoms with Gasteiger partial charge in [0.15, 0.2) is 0 Å². The molecule has 0 rings (SSSR count). The molecule has 6 heteroatoms. The second-order valence-corrected chi connectivity index (χ2v) is 13.0. The molecule has 32 heavy (non-hydrogen) atoms. The average Bonchev–Trinajstić information content (AvgIpc) is 2.73. The van der Waals surface area contributed by atoms with Gasteiger partial charge in [0.25, 0.3) is 0 Å². The van der Waals surface area contributed by atoms with Crippen molar-refractivity contribution in [2.75, 3.05) is 21.3 Å². The Labute approximate surface area is 208 Å². The lowest BCUT2D eigenvalue weighted by Crippen LogP contribution is -2.42. The molecule has 0 heterocycles. The molecule has 0 aromatic heterocycles. The number of halogens is 1. The summed E-state index contributed by atoms with van der Waals surface area (Å²) in [4.78, 5) is 0. The lowest BCUT2D eigenvalue weighted by Gasteiger charge is -2.28. The van der Waals surface area contributed by atoms with Crippen LogP contribution in [0, 0.1) is 5.92 Å². The van der Waals surface area contributed by atoms with Crippen molar-refractivity contribution in [2.45, 2.75) is 129 Å². The Kier molecular flexibility index (Phi) is 23.1. The van der Waals surface area contributed by atoms with Gasteiger partial charge in [-0.05, 0) is 58.3 Å². The molecule has 0 radical (unpaired) electrons. The van der Waals surface area contributed by atoms with E-state index < -0.39 is 8.80 Å². The first-order chi connectivity index (χ1) is 14.8. The van der Waals surface area contributed by atoms with Crippen molar-refractivity contribution >= 4 is 21.2 Å². The second-order valence-electron chi connectivity index (χ2n) is 9.91. The molecule has 0 aliphatic carbocycles. The Hall–Kier alpha value is 0.0869. The summed E-state index contributed by atoms with van der Waals surface area (Å²) in [5.41, 5.74) is 6.23. The summed E-state index contributed by atoms with van der Waals surface area (Å²) in [5, 5.41) is 0. The Balaban J connectivity index is 0. The first kappa shape index (κ1) is 34.3. The zero-order chi connectivity index (χ0) is 23.4. The van der Waals surface area contributed by atoms with E-state index in [0.29, 0.717) is 5.92 Å². The quantitative estimate of drug-likeness (QED) is 0.0940. The molecule has 0 bridgehead atoms. The highest BCUT2D eigenvalue weighted by atomic mass is 35.5. The van der Waals surface area contributed by atoms with Crippen LogP contribution in [0.1, 0.15) is 117 Å². The van der Waals surface area contributed by atoms with Gasteiger partial charge in [-0.15, -0.1) is 12.4 Å². The Morgan fingerprint density at radius 2 is 1.22 bits per heavy atom. The SMILES string of the molecule is CCCCCCCC/C=C\CCCCCC(CCC[Si](OC)(OC)OC)CC(C)(C)N.Cl. The van der Waals surface area contributed by atoms with Crippen molar-refractivity contribution in [2.24, 2.45) is 11.7 Å². The second kappa shape index (κ2) is 21.6. The average molecular weight is 494 g/mol. The summed E-state index contributed by atoms with van der Waals surface area (Å²) in [5.74, 6) is 0.667. The molecule has 0 amide bonds. The molecule has 194 valence electrons. The van der Waals surface area contributed by atoms with Gasteiger partial charge >= 0.3 is 8.80 Å². The van der Waals surface area contributed by atoms with Gasteiger partial charge < -0.3 is 19.0 Å². The normalized spacial score (nSPS) is 13.5. The van der Waals surface area contributed by atoms with E-state index in [1.54, 1.807) is 21.3 Å². The van der Waals surface area contributed by atoms with Crippen molar-refractivity contribution in [3.8, 4) is 0 Å². The van der Waals surface area contributed by atoms with E-state index in [2.05, 4.69) is 32.9 Å². The van der Waals surface area contributed by atoms with E-state index in [9.17, 15) is 0 Å². The molecule has 0 aromatic carbocycles. The van der Waals surface area contributed by atoms with E-state index in [1.807, 2.05) is 0 Å². The number of allylic oxidation sites excluding steroid dienone is 2. The highest BCUT2D eigenvalue weighted by molar-refractivity contribution is 6.60. The molecule has 0 aromatic rings. The fourth-order valence-corrected chi connectivity index (χ4v) is 6.16. The fraction of sp³-hybridized carbons (Fsp3) is 0.923. The van der Waals surface area contributed by atoms with Gasteiger partial charge in [-0.2, -0.15) is 0 Å². The third-order valence-electron chi connectivity index (χ3n) is 6.22. The zero-order valence-corrected chi connectivity index (χ0v) is 24.1. The third-order valence-corrected chi connectivity index (χ3v) is 9.05. The number of rotatable bonds is 22. The minimum Gasteiger partial charge on any atom is -0.377 e. The molecule has 0 saturated carbocycles. The molecule has 1 unspecified atom stereocenters. The van der Waals surface area contributed by atoms with Crippen LogP contribution < -0.4 is 5.73 Å². The molecule has 0 fully saturated rings. The molecule has 4 nitrogen and oxygen atoms in total. The summed E-state index contributed by atoms with van der Waals surface area (Å²) in [6.07, 6.45) is 24.1. The van der Waals surface area contributed by atoms with Gasteiger partial charge in [-0.1, -0.05) is 76.9 Å². The molecule has 2 N–H and O–H groups in total.